The van der Waals surface area contributed by atoms with Gasteiger partial charge in [0, 0.05) is 16.7 Å². The molecule has 1 heterocycles. The van der Waals surface area contributed by atoms with Crippen LogP contribution in [-0.2, 0) is 17.8 Å². The van der Waals surface area contributed by atoms with Crippen LogP contribution in [0.3, 0.4) is 0 Å². The van der Waals surface area contributed by atoms with Gasteiger partial charge in [-0.1, -0.05) is 40.2 Å². The van der Waals surface area contributed by atoms with Gasteiger partial charge in [0.05, 0.1) is 6.04 Å². The zero-order valence-corrected chi connectivity index (χ0v) is 13.4. The molecule has 0 saturated carbocycles. The number of rotatable bonds is 2. The number of halogens is 1. The minimum atomic E-state index is -0.177. The first kappa shape index (κ1) is 14.3. The topological polar surface area (TPSA) is 41.1 Å². The minimum Gasteiger partial charge on any atom is -0.325 e. The van der Waals surface area contributed by atoms with Crippen molar-refractivity contribution in [3.8, 4) is 0 Å². The number of carbonyl (C=O) groups excluding carboxylic acids is 1. The molecule has 0 spiro atoms. The highest BCUT2D eigenvalue weighted by atomic mass is 79.9. The Morgan fingerprint density at radius 3 is 2.76 bits per heavy atom. The van der Waals surface area contributed by atoms with Gasteiger partial charge in [-0.3, -0.25) is 4.79 Å². The molecule has 2 N–H and O–H groups in total. The van der Waals surface area contributed by atoms with Gasteiger partial charge in [-0.2, -0.15) is 0 Å². The predicted molar refractivity (Wildman–Crippen MR) is 88.3 cm³/mol. The molecule has 0 bridgehead atoms. The summed E-state index contributed by atoms with van der Waals surface area (Å²) in [5.41, 5.74) is 4.47. The van der Waals surface area contributed by atoms with Gasteiger partial charge in [0.25, 0.3) is 0 Å². The van der Waals surface area contributed by atoms with Crippen molar-refractivity contribution in [1.82, 2.24) is 5.32 Å². The van der Waals surface area contributed by atoms with Gasteiger partial charge < -0.3 is 10.6 Å². The molecule has 2 aromatic carbocycles. The summed E-state index contributed by atoms with van der Waals surface area (Å²) in [6.45, 7) is 2.75. The molecule has 1 aliphatic heterocycles. The van der Waals surface area contributed by atoms with Gasteiger partial charge in [-0.15, -0.1) is 0 Å². The van der Waals surface area contributed by atoms with Crippen molar-refractivity contribution in [3.63, 3.8) is 0 Å². The summed E-state index contributed by atoms with van der Waals surface area (Å²) in [6, 6.07) is 13.9. The van der Waals surface area contributed by atoms with Crippen molar-refractivity contribution in [2.45, 2.75) is 25.9 Å². The number of anilines is 1. The fourth-order valence-corrected chi connectivity index (χ4v) is 2.84. The van der Waals surface area contributed by atoms with Crippen LogP contribution >= 0.6 is 15.9 Å². The van der Waals surface area contributed by atoms with Crippen LogP contribution in [0.2, 0.25) is 0 Å². The summed E-state index contributed by atoms with van der Waals surface area (Å²) >= 11 is 3.47. The lowest BCUT2D eigenvalue weighted by Gasteiger charge is -2.25. The molecule has 0 aromatic heterocycles. The van der Waals surface area contributed by atoms with Crippen LogP contribution in [0, 0.1) is 6.92 Å². The number of hydrogen-bond acceptors (Lipinski definition) is 2. The van der Waals surface area contributed by atoms with Gasteiger partial charge in [-0.05, 0) is 48.2 Å². The Labute approximate surface area is 132 Å². The zero-order valence-electron chi connectivity index (χ0n) is 11.8. The van der Waals surface area contributed by atoms with E-state index in [1.54, 1.807) is 0 Å². The Hall–Kier alpha value is -1.65. The van der Waals surface area contributed by atoms with E-state index in [0.29, 0.717) is 0 Å². The van der Waals surface area contributed by atoms with Gasteiger partial charge in [0.15, 0.2) is 0 Å². The lowest BCUT2D eigenvalue weighted by molar-refractivity contribution is -0.118. The van der Waals surface area contributed by atoms with Crippen LogP contribution in [0.25, 0.3) is 0 Å². The maximum atomic E-state index is 12.4. The molecule has 0 aliphatic carbocycles. The molecule has 4 heteroatoms. The number of hydrogen-bond donors (Lipinski definition) is 2. The predicted octanol–water partition coefficient (Wildman–Crippen LogP) is 3.41. The van der Waals surface area contributed by atoms with Crippen LogP contribution in [-0.4, -0.2) is 11.9 Å². The largest absolute Gasteiger partial charge is 0.325 e. The Bertz CT molecular complexity index is 684. The molecule has 108 valence electrons. The van der Waals surface area contributed by atoms with E-state index >= 15 is 0 Å². The number of aryl methyl sites for hydroxylation is 1. The minimum absolute atomic E-state index is 0.0197. The number of benzene rings is 2. The average molecular weight is 345 g/mol. The normalized spacial score (nSPS) is 17.1. The molecule has 1 aliphatic rings. The third kappa shape index (κ3) is 3.17. The highest BCUT2D eigenvalue weighted by molar-refractivity contribution is 9.10. The van der Waals surface area contributed by atoms with Gasteiger partial charge in [0.2, 0.25) is 5.91 Å². The molecule has 1 atom stereocenters. The van der Waals surface area contributed by atoms with E-state index in [4.69, 9.17) is 0 Å². The summed E-state index contributed by atoms with van der Waals surface area (Å²) in [4.78, 5) is 12.4. The van der Waals surface area contributed by atoms with Gasteiger partial charge in [-0.25, -0.2) is 0 Å². The van der Waals surface area contributed by atoms with Crippen molar-refractivity contribution >= 4 is 27.5 Å². The van der Waals surface area contributed by atoms with Crippen LogP contribution in [0.4, 0.5) is 5.69 Å². The molecule has 1 amide bonds. The fourth-order valence-electron chi connectivity index (χ4n) is 2.59. The van der Waals surface area contributed by atoms with Crippen molar-refractivity contribution < 1.29 is 4.79 Å². The third-order valence-electron chi connectivity index (χ3n) is 3.82. The molecule has 21 heavy (non-hydrogen) atoms. The molecular formula is C17H17BrN2O. The van der Waals surface area contributed by atoms with Gasteiger partial charge in [0.1, 0.15) is 0 Å². The van der Waals surface area contributed by atoms with E-state index in [1.807, 2.05) is 37.3 Å². The maximum Gasteiger partial charge on any atom is 0.241 e. The highest BCUT2D eigenvalue weighted by Crippen LogP contribution is 2.21. The molecule has 0 fully saturated rings. The number of carbonyl (C=O) groups is 1. The van der Waals surface area contributed by atoms with E-state index in [1.165, 1.54) is 11.1 Å². The zero-order chi connectivity index (χ0) is 14.8. The summed E-state index contributed by atoms with van der Waals surface area (Å²) in [6.07, 6.45) is 0.734. The van der Waals surface area contributed by atoms with Gasteiger partial charge >= 0.3 is 0 Å². The second kappa shape index (κ2) is 6.00. The molecule has 3 nitrogen and oxygen atoms in total. The first-order chi connectivity index (χ1) is 10.1. The van der Waals surface area contributed by atoms with E-state index in [-0.39, 0.29) is 11.9 Å². The van der Waals surface area contributed by atoms with Crippen LogP contribution in [0.1, 0.15) is 16.7 Å². The first-order valence-electron chi connectivity index (χ1n) is 7.00. The summed E-state index contributed by atoms with van der Waals surface area (Å²) < 4.78 is 1.05. The molecule has 3 rings (SSSR count). The quantitative estimate of drug-likeness (QED) is 0.876. The maximum absolute atomic E-state index is 12.4. The van der Waals surface area contributed by atoms with Crippen molar-refractivity contribution in [2.24, 2.45) is 0 Å². The smallest absolute Gasteiger partial charge is 0.241 e. The van der Waals surface area contributed by atoms with E-state index in [2.05, 4.69) is 38.7 Å². The molecule has 0 saturated heterocycles. The number of nitrogens with one attached hydrogen (secondary N) is 2. The molecule has 0 radical (unpaired) electrons. The average Bonchev–Trinajstić information content (AvgIpc) is 2.50. The van der Waals surface area contributed by atoms with E-state index in [9.17, 15) is 4.79 Å². The first-order valence-corrected chi connectivity index (χ1v) is 7.80. The van der Waals surface area contributed by atoms with Crippen molar-refractivity contribution in [3.05, 3.63) is 63.6 Å². The number of fused-ring (bicyclic) bond motifs is 1. The lowest BCUT2D eigenvalue weighted by Crippen LogP contribution is -2.44. The Balaban J connectivity index is 1.70. The second-order valence-corrected chi connectivity index (χ2v) is 6.21. The monoisotopic (exact) mass is 344 g/mol. The van der Waals surface area contributed by atoms with E-state index < -0.39 is 0 Å². The highest BCUT2D eigenvalue weighted by Gasteiger charge is 2.23. The van der Waals surface area contributed by atoms with Crippen LogP contribution in [0.15, 0.2) is 46.9 Å². The summed E-state index contributed by atoms with van der Waals surface area (Å²) in [5.74, 6) is 0.0197. The Morgan fingerprint density at radius 2 is 2.00 bits per heavy atom. The van der Waals surface area contributed by atoms with Crippen LogP contribution < -0.4 is 10.6 Å². The molecule has 2 aromatic rings. The SMILES string of the molecule is Cc1cc(NC(=O)C2Cc3ccccc3CN2)ccc1Br. The summed E-state index contributed by atoms with van der Waals surface area (Å²) in [7, 11) is 0. The summed E-state index contributed by atoms with van der Waals surface area (Å²) in [5, 5.41) is 6.29. The Morgan fingerprint density at radius 1 is 1.24 bits per heavy atom. The van der Waals surface area contributed by atoms with E-state index in [0.717, 1.165) is 28.7 Å². The fraction of sp³-hybridized carbons (Fsp3) is 0.235. The standard InChI is InChI=1S/C17H17BrN2O/c1-11-8-14(6-7-15(11)18)20-17(21)16-9-12-4-2-3-5-13(12)10-19-16/h2-8,16,19H,9-10H2,1H3,(H,20,21). The van der Waals surface area contributed by atoms with Crippen molar-refractivity contribution in [1.29, 1.82) is 0 Å². The third-order valence-corrected chi connectivity index (χ3v) is 4.71. The lowest BCUT2D eigenvalue weighted by atomic mass is 9.95. The molecule has 1 unspecified atom stereocenters. The van der Waals surface area contributed by atoms with Crippen molar-refractivity contribution in [2.75, 3.05) is 5.32 Å². The Kier molecular flexibility index (Phi) is 4.08. The molecular weight excluding hydrogens is 328 g/mol. The number of amides is 1. The second-order valence-electron chi connectivity index (χ2n) is 5.36. The van der Waals surface area contributed by atoms with Crippen LogP contribution in [0.5, 0.6) is 0 Å².